The second-order valence-corrected chi connectivity index (χ2v) is 6.37. The first kappa shape index (κ1) is 15.1. The fourth-order valence-corrected chi connectivity index (χ4v) is 3.15. The average molecular weight is 336 g/mol. The number of rotatable bonds is 3. The monoisotopic (exact) mass is 335 g/mol. The minimum Gasteiger partial charge on any atom is -0.301 e. The molecule has 0 aliphatic carbocycles. The van der Waals surface area contributed by atoms with Gasteiger partial charge >= 0.3 is 0 Å². The van der Waals surface area contributed by atoms with Gasteiger partial charge in [0.15, 0.2) is 10.8 Å². The van der Waals surface area contributed by atoms with Crippen LogP contribution in [-0.4, -0.2) is 24.7 Å². The maximum absolute atomic E-state index is 12.2. The minimum atomic E-state index is -0.170. The standard InChI is InChI=1S/C14H14ClN5OS/c1-7-4-8(2)16-12-11(7)13(21)18-14(17-12)22-6-9-5-10(15)20(3)19-9/h4-5H,6H2,1-3H3,(H,16,17,18,21). The minimum absolute atomic E-state index is 0.170. The zero-order valence-electron chi connectivity index (χ0n) is 12.3. The molecule has 0 saturated carbocycles. The number of halogens is 1. The third-order valence-corrected chi connectivity index (χ3v) is 4.47. The second-order valence-electron chi connectivity index (χ2n) is 5.02. The van der Waals surface area contributed by atoms with E-state index in [1.54, 1.807) is 17.8 Å². The van der Waals surface area contributed by atoms with Gasteiger partial charge in [0.2, 0.25) is 0 Å². The lowest BCUT2D eigenvalue weighted by atomic mass is 10.2. The number of H-pyrrole nitrogens is 1. The molecule has 0 spiro atoms. The molecule has 0 radical (unpaired) electrons. The average Bonchev–Trinajstić information content (AvgIpc) is 2.74. The summed E-state index contributed by atoms with van der Waals surface area (Å²) in [5, 5.41) is 5.90. The van der Waals surface area contributed by atoms with Gasteiger partial charge in [-0.25, -0.2) is 9.97 Å². The Morgan fingerprint density at radius 2 is 2.09 bits per heavy atom. The highest BCUT2D eigenvalue weighted by Gasteiger charge is 2.10. The predicted molar refractivity (Wildman–Crippen MR) is 87.4 cm³/mol. The van der Waals surface area contributed by atoms with Crippen molar-refractivity contribution in [3.63, 3.8) is 0 Å². The van der Waals surface area contributed by atoms with E-state index in [0.717, 1.165) is 17.0 Å². The van der Waals surface area contributed by atoms with Gasteiger partial charge in [0, 0.05) is 18.5 Å². The lowest BCUT2D eigenvalue weighted by Gasteiger charge is -2.04. The number of pyridine rings is 1. The summed E-state index contributed by atoms with van der Waals surface area (Å²) in [6.45, 7) is 3.77. The number of aromatic nitrogens is 5. The first-order valence-electron chi connectivity index (χ1n) is 6.63. The number of hydrogen-bond acceptors (Lipinski definition) is 5. The van der Waals surface area contributed by atoms with Crippen molar-refractivity contribution in [3.8, 4) is 0 Å². The largest absolute Gasteiger partial charge is 0.301 e. The molecule has 3 heterocycles. The molecule has 0 saturated heterocycles. The van der Waals surface area contributed by atoms with E-state index in [9.17, 15) is 4.79 Å². The van der Waals surface area contributed by atoms with Crippen molar-refractivity contribution in [2.45, 2.75) is 24.8 Å². The molecule has 3 aromatic heterocycles. The summed E-state index contributed by atoms with van der Waals surface area (Å²) in [6.07, 6.45) is 0. The lowest BCUT2D eigenvalue weighted by Crippen LogP contribution is -2.12. The van der Waals surface area contributed by atoms with Crippen LogP contribution in [0.4, 0.5) is 0 Å². The van der Waals surface area contributed by atoms with E-state index in [1.165, 1.54) is 11.8 Å². The molecular weight excluding hydrogens is 322 g/mol. The molecule has 0 amide bonds. The van der Waals surface area contributed by atoms with Crippen molar-refractivity contribution in [3.05, 3.63) is 44.6 Å². The summed E-state index contributed by atoms with van der Waals surface area (Å²) in [4.78, 5) is 23.8. The smallest absolute Gasteiger partial charge is 0.261 e. The fourth-order valence-electron chi connectivity index (χ4n) is 2.24. The Labute approximate surface area is 135 Å². The van der Waals surface area contributed by atoms with Gasteiger partial charge in [0.1, 0.15) is 5.15 Å². The quantitative estimate of drug-likeness (QED) is 0.588. The number of thioether (sulfide) groups is 1. The highest BCUT2D eigenvalue weighted by Crippen LogP contribution is 2.21. The van der Waals surface area contributed by atoms with Gasteiger partial charge in [-0.3, -0.25) is 9.48 Å². The Morgan fingerprint density at radius 1 is 1.32 bits per heavy atom. The molecule has 0 fully saturated rings. The van der Waals surface area contributed by atoms with Crippen LogP contribution in [0, 0.1) is 13.8 Å². The Kier molecular flexibility index (Phi) is 3.92. The molecule has 1 N–H and O–H groups in total. The third-order valence-electron chi connectivity index (χ3n) is 3.21. The maximum Gasteiger partial charge on any atom is 0.261 e. The Hall–Kier alpha value is -1.86. The van der Waals surface area contributed by atoms with Crippen LogP contribution in [0.1, 0.15) is 17.0 Å². The number of hydrogen-bond donors (Lipinski definition) is 1. The summed E-state index contributed by atoms with van der Waals surface area (Å²) >= 11 is 7.35. The van der Waals surface area contributed by atoms with Crippen molar-refractivity contribution < 1.29 is 0 Å². The van der Waals surface area contributed by atoms with Crippen molar-refractivity contribution in [2.24, 2.45) is 7.05 Å². The lowest BCUT2D eigenvalue weighted by molar-refractivity contribution is 0.755. The van der Waals surface area contributed by atoms with E-state index in [4.69, 9.17) is 11.6 Å². The van der Waals surface area contributed by atoms with Gasteiger partial charge in [0.25, 0.3) is 5.56 Å². The molecule has 0 aliphatic heterocycles. The molecule has 8 heteroatoms. The Balaban J connectivity index is 1.93. The molecule has 0 unspecified atom stereocenters. The van der Waals surface area contributed by atoms with Crippen molar-refractivity contribution in [2.75, 3.05) is 0 Å². The molecule has 6 nitrogen and oxygen atoms in total. The molecule has 0 aliphatic rings. The molecule has 0 atom stereocenters. The maximum atomic E-state index is 12.2. The van der Waals surface area contributed by atoms with Crippen molar-refractivity contribution >= 4 is 34.4 Å². The van der Waals surface area contributed by atoms with Gasteiger partial charge in [-0.1, -0.05) is 23.4 Å². The van der Waals surface area contributed by atoms with Gasteiger partial charge in [-0.15, -0.1) is 0 Å². The second kappa shape index (κ2) is 5.73. The number of aromatic amines is 1. The number of nitrogens with zero attached hydrogens (tertiary/aromatic N) is 4. The molecule has 114 valence electrons. The van der Waals surface area contributed by atoms with Crippen LogP contribution in [0.25, 0.3) is 11.0 Å². The Bertz CT molecular complexity index is 898. The molecule has 22 heavy (non-hydrogen) atoms. The van der Waals surface area contributed by atoms with Crippen LogP contribution >= 0.6 is 23.4 Å². The van der Waals surface area contributed by atoms with Crippen molar-refractivity contribution in [1.82, 2.24) is 24.7 Å². The highest BCUT2D eigenvalue weighted by molar-refractivity contribution is 7.98. The van der Waals surface area contributed by atoms with Crippen molar-refractivity contribution in [1.29, 1.82) is 0 Å². The fraction of sp³-hybridized carbons (Fsp3) is 0.286. The van der Waals surface area contributed by atoms with Crippen LogP contribution in [-0.2, 0) is 12.8 Å². The third kappa shape index (κ3) is 2.86. The predicted octanol–water partition coefficient (Wildman–Crippen LogP) is 2.61. The molecular formula is C14H14ClN5OS. The summed E-state index contributed by atoms with van der Waals surface area (Å²) in [5.41, 5.74) is 2.85. The topological polar surface area (TPSA) is 76.5 Å². The number of fused-ring (bicyclic) bond motifs is 1. The van der Waals surface area contributed by atoms with Crippen LogP contribution < -0.4 is 5.56 Å². The van der Waals surface area contributed by atoms with Gasteiger partial charge in [-0.05, 0) is 31.5 Å². The first-order valence-corrected chi connectivity index (χ1v) is 8.00. The van der Waals surface area contributed by atoms with Crippen LogP contribution in [0.3, 0.4) is 0 Å². The van der Waals surface area contributed by atoms with Gasteiger partial charge < -0.3 is 4.98 Å². The van der Waals surface area contributed by atoms with Crippen LogP contribution in [0.15, 0.2) is 22.1 Å². The number of nitrogens with one attached hydrogen (secondary N) is 1. The summed E-state index contributed by atoms with van der Waals surface area (Å²) in [5.74, 6) is 0.569. The normalized spacial score (nSPS) is 11.3. The van der Waals surface area contributed by atoms with E-state index >= 15 is 0 Å². The zero-order valence-corrected chi connectivity index (χ0v) is 13.9. The first-order chi connectivity index (χ1) is 10.4. The van der Waals surface area contributed by atoms with E-state index in [2.05, 4.69) is 20.1 Å². The van der Waals surface area contributed by atoms with E-state index in [1.807, 2.05) is 19.9 Å². The Morgan fingerprint density at radius 3 is 2.77 bits per heavy atom. The molecule has 3 aromatic rings. The van der Waals surface area contributed by atoms with Gasteiger partial charge in [0.05, 0.1) is 11.1 Å². The highest BCUT2D eigenvalue weighted by atomic mass is 35.5. The molecule has 0 aromatic carbocycles. The summed E-state index contributed by atoms with van der Waals surface area (Å²) in [7, 11) is 1.78. The summed E-state index contributed by atoms with van der Waals surface area (Å²) < 4.78 is 1.60. The van der Waals surface area contributed by atoms with Gasteiger partial charge in [-0.2, -0.15) is 5.10 Å². The molecule has 3 rings (SSSR count). The van der Waals surface area contributed by atoms with Crippen LogP contribution in [0.2, 0.25) is 5.15 Å². The van der Waals surface area contributed by atoms with E-state index < -0.39 is 0 Å². The van der Waals surface area contributed by atoms with Crippen LogP contribution in [0.5, 0.6) is 0 Å². The van der Waals surface area contributed by atoms with E-state index in [0.29, 0.717) is 27.1 Å². The van der Waals surface area contributed by atoms with E-state index in [-0.39, 0.29) is 5.56 Å². The summed E-state index contributed by atoms with van der Waals surface area (Å²) in [6, 6.07) is 3.67. The number of aryl methyl sites for hydroxylation is 3. The zero-order chi connectivity index (χ0) is 15.9. The molecule has 0 bridgehead atoms. The SMILES string of the molecule is Cc1cc(C)c2c(=O)[nH]c(SCc3cc(Cl)n(C)n3)nc2n1.